The average molecular weight is 184 g/mol. The first-order valence-electron chi connectivity index (χ1n) is 4.48. The van der Waals surface area contributed by atoms with Gasteiger partial charge in [0.2, 0.25) is 0 Å². The molecule has 1 aliphatic heterocycles. The van der Waals surface area contributed by atoms with Gasteiger partial charge in [0.05, 0.1) is 24.2 Å². The van der Waals surface area contributed by atoms with Gasteiger partial charge in [-0.25, -0.2) is 0 Å². The Bertz CT molecular complexity index is 262. The summed E-state index contributed by atoms with van der Waals surface area (Å²) in [6.07, 6.45) is 2.09. The average Bonchev–Trinajstić information content (AvgIpc) is 2.73. The summed E-state index contributed by atoms with van der Waals surface area (Å²) in [5, 5.41) is 8.96. The molecule has 3 fully saturated rings. The van der Waals surface area contributed by atoms with Gasteiger partial charge in [-0.1, -0.05) is 0 Å². The Morgan fingerprint density at radius 1 is 1.42 bits per heavy atom. The molecule has 12 heavy (non-hydrogen) atoms. The van der Waals surface area contributed by atoms with Crippen molar-refractivity contribution in [1.82, 2.24) is 0 Å². The van der Waals surface area contributed by atoms with Gasteiger partial charge in [-0.2, -0.15) is 5.26 Å². The van der Waals surface area contributed by atoms with Gasteiger partial charge in [-0.15, -0.1) is 11.6 Å². The van der Waals surface area contributed by atoms with E-state index in [1.807, 2.05) is 0 Å². The lowest BCUT2D eigenvalue weighted by Crippen LogP contribution is -2.27. The van der Waals surface area contributed by atoms with Crippen LogP contribution < -0.4 is 0 Å². The zero-order valence-corrected chi connectivity index (χ0v) is 7.37. The van der Waals surface area contributed by atoms with Crippen molar-refractivity contribution in [2.45, 2.75) is 18.6 Å². The summed E-state index contributed by atoms with van der Waals surface area (Å²) in [6, 6.07) is 2.39. The van der Waals surface area contributed by atoms with Crippen molar-refractivity contribution in [2.24, 2.45) is 23.7 Å². The molecule has 3 heteroatoms. The van der Waals surface area contributed by atoms with Crippen molar-refractivity contribution in [1.29, 1.82) is 5.26 Å². The zero-order valence-electron chi connectivity index (χ0n) is 6.61. The number of halogens is 1. The minimum Gasteiger partial charge on any atom is -0.369 e. The lowest BCUT2D eigenvalue weighted by atomic mass is 9.81. The highest BCUT2D eigenvalue weighted by Crippen LogP contribution is 2.61. The summed E-state index contributed by atoms with van der Waals surface area (Å²) in [7, 11) is 0. The van der Waals surface area contributed by atoms with Crippen LogP contribution in [0.15, 0.2) is 0 Å². The van der Waals surface area contributed by atoms with Crippen LogP contribution in [0.2, 0.25) is 0 Å². The van der Waals surface area contributed by atoms with Crippen LogP contribution in [-0.2, 0) is 4.74 Å². The molecule has 0 spiro atoms. The second-order valence-electron chi connectivity index (χ2n) is 4.10. The molecule has 2 saturated carbocycles. The number of nitriles is 1. The number of hydrogen-bond acceptors (Lipinski definition) is 2. The third-order valence-electron chi connectivity index (χ3n) is 3.75. The minimum absolute atomic E-state index is 0.177. The van der Waals surface area contributed by atoms with Gasteiger partial charge in [0.15, 0.2) is 0 Å². The molecule has 6 unspecified atom stereocenters. The van der Waals surface area contributed by atoms with Gasteiger partial charge in [-0.05, 0) is 18.3 Å². The molecule has 1 saturated heterocycles. The molecular weight excluding hydrogens is 174 g/mol. The maximum atomic E-state index is 8.96. The molecule has 2 bridgehead atoms. The van der Waals surface area contributed by atoms with Gasteiger partial charge < -0.3 is 4.74 Å². The molecule has 3 rings (SSSR count). The smallest absolute Gasteiger partial charge is 0.0885 e. The normalized spacial score (nSPS) is 59.7. The number of fused-ring (bicyclic) bond motifs is 5. The van der Waals surface area contributed by atoms with Crippen LogP contribution in [0, 0.1) is 35.0 Å². The highest BCUT2D eigenvalue weighted by Gasteiger charge is 2.67. The second kappa shape index (κ2) is 2.16. The lowest BCUT2D eigenvalue weighted by molar-refractivity contribution is 0.254. The molecule has 0 radical (unpaired) electrons. The predicted molar refractivity (Wildman–Crippen MR) is 43.6 cm³/mol. The van der Waals surface area contributed by atoms with E-state index in [0.29, 0.717) is 35.8 Å². The van der Waals surface area contributed by atoms with E-state index in [2.05, 4.69) is 6.07 Å². The molecule has 3 aliphatic rings. The summed E-state index contributed by atoms with van der Waals surface area (Å²) < 4.78 is 5.49. The van der Waals surface area contributed by atoms with E-state index in [1.165, 1.54) is 6.42 Å². The Morgan fingerprint density at radius 3 is 2.83 bits per heavy atom. The van der Waals surface area contributed by atoms with Gasteiger partial charge >= 0.3 is 0 Å². The fourth-order valence-corrected chi connectivity index (χ4v) is 3.58. The summed E-state index contributed by atoms with van der Waals surface area (Å²) in [5.74, 6) is 2.32. The molecule has 0 aromatic carbocycles. The number of epoxide rings is 1. The van der Waals surface area contributed by atoms with Crippen molar-refractivity contribution in [3.8, 4) is 6.07 Å². The largest absolute Gasteiger partial charge is 0.369 e. The molecule has 0 amide bonds. The van der Waals surface area contributed by atoms with Crippen LogP contribution in [0.5, 0.6) is 0 Å². The molecule has 0 N–H and O–H groups in total. The topological polar surface area (TPSA) is 36.3 Å². The molecule has 0 aromatic heterocycles. The first-order valence-corrected chi connectivity index (χ1v) is 5.01. The van der Waals surface area contributed by atoms with E-state index >= 15 is 0 Å². The Balaban J connectivity index is 1.92. The molecular formula is C9H10ClNO. The maximum absolute atomic E-state index is 8.96. The van der Waals surface area contributed by atoms with E-state index in [9.17, 15) is 0 Å². The van der Waals surface area contributed by atoms with Gasteiger partial charge in [0, 0.05) is 11.8 Å². The van der Waals surface area contributed by atoms with Gasteiger partial charge in [0.1, 0.15) is 0 Å². The van der Waals surface area contributed by atoms with Crippen molar-refractivity contribution < 1.29 is 4.74 Å². The first kappa shape index (κ1) is 7.17. The van der Waals surface area contributed by atoms with Crippen molar-refractivity contribution >= 4 is 11.6 Å². The highest BCUT2D eigenvalue weighted by molar-refractivity contribution is 6.18. The predicted octanol–water partition coefficient (Wildman–Crippen LogP) is 1.40. The van der Waals surface area contributed by atoms with Crippen LogP contribution in [0.1, 0.15) is 6.42 Å². The lowest BCUT2D eigenvalue weighted by Gasteiger charge is -2.20. The van der Waals surface area contributed by atoms with Crippen LogP contribution in [0.4, 0.5) is 0 Å². The van der Waals surface area contributed by atoms with Gasteiger partial charge in [-0.3, -0.25) is 0 Å². The van der Waals surface area contributed by atoms with Crippen LogP contribution in [0.25, 0.3) is 0 Å². The Hall–Kier alpha value is -0.260. The number of rotatable bonds is 1. The zero-order chi connectivity index (χ0) is 8.29. The van der Waals surface area contributed by atoms with E-state index in [0.717, 1.165) is 0 Å². The molecule has 1 heterocycles. The standard InChI is InChI=1S/C9H10ClNO/c10-2-6-4-1-5(7(6)3-11)9-8(4)12-9/h4-9H,1-2H2. The van der Waals surface area contributed by atoms with E-state index in [4.69, 9.17) is 21.6 Å². The van der Waals surface area contributed by atoms with Crippen LogP contribution in [-0.4, -0.2) is 18.1 Å². The third-order valence-corrected chi connectivity index (χ3v) is 4.11. The third kappa shape index (κ3) is 0.654. The van der Waals surface area contributed by atoms with Crippen LogP contribution in [0.3, 0.4) is 0 Å². The Morgan fingerprint density at radius 2 is 2.17 bits per heavy atom. The van der Waals surface area contributed by atoms with Crippen molar-refractivity contribution in [3.05, 3.63) is 0 Å². The Kier molecular flexibility index (Phi) is 1.29. The second-order valence-corrected chi connectivity index (χ2v) is 4.41. The van der Waals surface area contributed by atoms with E-state index in [-0.39, 0.29) is 5.92 Å². The van der Waals surface area contributed by atoms with E-state index < -0.39 is 0 Å². The number of alkyl halides is 1. The molecule has 0 aromatic rings. The molecule has 6 atom stereocenters. The summed E-state index contributed by atoms with van der Waals surface area (Å²) in [6.45, 7) is 0. The van der Waals surface area contributed by atoms with Crippen LogP contribution >= 0.6 is 11.6 Å². The quantitative estimate of drug-likeness (QED) is 0.455. The Labute approximate surface area is 76.5 Å². The number of hydrogen-bond donors (Lipinski definition) is 0. The van der Waals surface area contributed by atoms with E-state index in [1.54, 1.807) is 0 Å². The molecule has 2 aliphatic carbocycles. The maximum Gasteiger partial charge on any atom is 0.0885 e. The fourth-order valence-electron chi connectivity index (χ4n) is 3.16. The first-order chi connectivity index (χ1) is 5.86. The fraction of sp³-hybridized carbons (Fsp3) is 0.889. The number of nitrogens with zero attached hydrogens (tertiary/aromatic N) is 1. The summed E-state index contributed by atoms with van der Waals surface area (Å²) in [4.78, 5) is 0. The van der Waals surface area contributed by atoms with Gasteiger partial charge in [0.25, 0.3) is 0 Å². The monoisotopic (exact) mass is 183 g/mol. The SMILES string of the molecule is N#CC1C(CCl)C2CC1C1OC21. The molecule has 2 nitrogen and oxygen atoms in total. The summed E-state index contributed by atoms with van der Waals surface area (Å²) in [5.41, 5.74) is 0. The number of ether oxygens (including phenoxy) is 1. The summed E-state index contributed by atoms with van der Waals surface area (Å²) >= 11 is 5.85. The van der Waals surface area contributed by atoms with Crippen molar-refractivity contribution in [3.63, 3.8) is 0 Å². The van der Waals surface area contributed by atoms with Crippen molar-refractivity contribution in [2.75, 3.05) is 5.88 Å². The minimum atomic E-state index is 0.177. The molecule has 64 valence electrons. The highest BCUT2D eigenvalue weighted by atomic mass is 35.5.